The zero-order valence-corrected chi connectivity index (χ0v) is 20.7. The van der Waals surface area contributed by atoms with E-state index in [0.29, 0.717) is 22.4 Å². The number of hydrogen-bond donors (Lipinski definition) is 3. The maximum absolute atomic E-state index is 12.5. The molecule has 0 amide bonds. The maximum atomic E-state index is 12.5. The zero-order chi connectivity index (χ0) is 25.6. The fraction of sp³-hybridized carbons (Fsp3) is 0.192. The van der Waals surface area contributed by atoms with E-state index in [-0.39, 0.29) is 4.90 Å². The number of aliphatic hydroxyl groups is 1. The van der Waals surface area contributed by atoms with Crippen LogP contribution in [0, 0.1) is 20.8 Å². The van der Waals surface area contributed by atoms with Gasteiger partial charge < -0.3 is 15.1 Å². The Kier molecular flexibility index (Phi) is 5.95. The molecule has 9 nitrogen and oxygen atoms in total. The predicted octanol–water partition coefficient (Wildman–Crippen LogP) is 3.97. The average molecular weight is 505 g/mol. The Morgan fingerprint density at radius 1 is 0.861 bits per heavy atom. The highest BCUT2D eigenvalue weighted by Gasteiger charge is 2.20. The number of H-pyrrole nitrogens is 2. The molecule has 0 unspecified atom stereocenters. The van der Waals surface area contributed by atoms with Crippen molar-refractivity contribution >= 4 is 38.0 Å². The number of fused-ring (bicyclic) bond motifs is 2. The number of aromatic nitrogens is 4. The van der Waals surface area contributed by atoms with E-state index in [4.69, 9.17) is 14.3 Å². The van der Waals surface area contributed by atoms with E-state index in [1.54, 1.807) is 6.92 Å². The lowest BCUT2D eigenvalue weighted by Crippen LogP contribution is -2.17. The number of Topliss-reactive ketones (excluding diaryl/α,β-unsaturated/α-hetero) is 1. The van der Waals surface area contributed by atoms with Gasteiger partial charge in [0.15, 0.2) is 5.78 Å². The summed E-state index contributed by atoms with van der Waals surface area (Å²) < 4.78 is 29.8. The summed E-state index contributed by atoms with van der Waals surface area (Å²) in [6.45, 7) is 4.34. The average Bonchev–Trinajstić information content (AvgIpc) is 3.48. The summed E-state index contributed by atoms with van der Waals surface area (Å²) in [6, 6.07) is 14.8. The summed E-state index contributed by atoms with van der Waals surface area (Å²) in [5.41, 5.74) is 7.78. The largest absolute Gasteiger partial charge is 0.388 e. The summed E-state index contributed by atoms with van der Waals surface area (Å²) in [4.78, 5) is 27.1. The molecule has 0 aliphatic carbocycles. The van der Waals surface area contributed by atoms with Gasteiger partial charge >= 0.3 is 0 Å². The van der Waals surface area contributed by atoms with Crippen molar-refractivity contribution in [3.8, 4) is 22.8 Å². The second-order valence-corrected chi connectivity index (χ2v) is 10.4. The molecule has 0 radical (unpaired) electrons. The van der Waals surface area contributed by atoms with Gasteiger partial charge in [0, 0.05) is 11.1 Å². The first-order valence-corrected chi connectivity index (χ1v) is 12.7. The van der Waals surface area contributed by atoms with Gasteiger partial charge in [-0.25, -0.2) is 9.97 Å². The van der Waals surface area contributed by atoms with Crippen LogP contribution in [0.25, 0.3) is 44.8 Å². The summed E-state index contributed by atoms with van der Waals surface area (Å²) >= 11 is 0. The number of carbonyl (C=O) groups excluding carboxylic acids is 1. The van der Waals surface area contributed by atoms with E-state index < -0.39 is 29.1 Å². The molecular formula is C26H24N4O5S. The molecule has 2 aromatic heterocycles. The molecule has 0 aliphatic rings. The molecule has 0 bridgehead atoms. The third-order valence-electron chi connectivity index (χ3n) is 5.94. The molecule has 0 atom stereocenters. The molecule has 5 rings (SSSR count). The van der Waals surface area contributed by atoms with E-state index in [0.717, 1.165) is 33.5 Å². The van der Waals surface area contributed by atoms with Gasteiger partial charge in [-0.15, -0.1) is 0 Å². The van der Waals surface area contributed by atoms with Crippen LogP contribution in [0.5, 0.6) is 0 Å². The maximum Gasteiger partial charge on any atom is 0.297 e. The number of ketones is 1. The van der Waals surface area contributed by atoms with Crippen LogP contribution in [0.1, 0.15) is 16.7 Å². The molecule has 0 aliphatic heterocycles. The minimum atomic E-state index is -4.18. The van der Waals surface area contributed by atoms with E-state index in [9.17, 15) is 13.2 Å². The summed E-state index contributed by atoms with van der Waals surface area (Å²) in [5.74, 6) is 0.637. The highest BCUT2D eigenvalue weighted by molar-refractivity contribution is 7.86. The Morgan fingerprint density at radius 2 is 1.39 bits per heavy atom. The van der Waals surface area contributed by atoms with Crippen LogP contribution in [-0.2, 0) is 19.1 Å². The molecule has 2 heterocycles. The van der Waals surface area contributed by atoms with Crippen LogP contribution in [0.2, 0.25) is 0 Å². The molecule has 3 N–H and O–H groups in total. The number of nitrogens with one attached hydrogen (secondary N) is 2. The van der Waals surface area contributed by atoms with E-state index in [1.807, 2.05) is 31.2 Å². The van der Waals surface area contributed by atoms with Crippen molar-refractivity contribution in [3.05, 3.63) is 65.2 Å². The number of carbonyl (C=O) groups is 1. The number of imidazole rings is 2. The molecular weight excluding hydrogens is 480 g/mol. The van der Waals surface area contributed by atoms with Gasteiger partial charge in [0.25, 0.3) is 10.1 Å². The first kappa shape index (κ1) is 23.9. The second kappa shape index (κ2) is 8.98. The Morgan fingerprint density at radius 3 is 1.94 bits per heavy atom. The number of rotatable bonds is 7. The van der Waals surface area contributed by atoms with Crippen LogP contribution < -0.4 is 0 Å². The molecule has 0 spiro atoms. The molecule has 10 heteroatoms. The van der Waals surface area contributed by atoms with Crippen LogP contribution in [0.3, 0.4) is 0 Å². The molecule has 184 valence electrons. The lowest BCUT2D eigenvalue weighted by atomic mass is 10.1. The monoisotopic (exact) mass is 504 g/mol. The van der Waals surface area contributed by atoms with Crippen molar-refractivity contribution in [2.24, 2.45) is 0 Å². The first-order valence-electron chi connectivity index (χ1n) is 11.2. The third kappa shape index (κ3) is 4.41. The van der Waals surface area contributed by atoms with Crippen LogP contribution in [0.4, 0.5) is 0 Å². The fourth-order valence-electron chi connectivity index (χ4n) is 4.19. The number of aromatic amines is 2. The molecule has 5 aromatic rings. The molecule has 0 fully saturated rings. The second-order valence-electron chi connectivity index (χ2n) is 8.78. The lowest BCUT2D eigenvalue weighted by molar-refractivity contribution is -0.123. The van der Waals surface area contributed by atoms with E-state index in [2.05, 4.69) is 34.0 Å². The summed E-state index contributed by atoms with van der Waals surface area (Å²) in [6.07, 6.45) is 0. The third-order valence-corrected chi connectivity index (χ3v) is 7.19. The lowest BCUT2D eigenvalue weighted by Gasteiger charge is -2.05. The Balaban J connectivity index is 1.45. The smallest absolute Gasteiger partial charge is 0.297 e. The standard InChI is InChI=1S/C26H24N4O5S/c1-14-8-15(2)23-21(9-14)27-25(29-23)17-4-6-18(7-5-17)26-28-22-11-20(10-16(3)24(22)30-26)36(33,34)35-13-19(32)12-31/h4-11,31H,12-13H2,1-3H3,(H,27,29)(H,28,30). The normalized spacial score (nSPS) is 12.0. The van der Waals surface area contributed by atoms with Gasteiger partial charge in [0.2, 0.25) is 0 Å². The van der Waals surface area contributed by atoms with Crippen molar-refractivity contribution in [1.29, 1.82) is 0 Å². The van der Waals surface area contributed by atoms with Gasteiger partial charge in [-0.2, -0.15) is 8.42 Å². The summed E-state index contributed by atoms with van der Waals surface area (Å²) in [5, 5.41) is 8.79. The predicted molar refractivity (Wildman–Crippen MR) is 136 cm³/mol. The molecule has 3 aromatic carbocycles. The molecule has 0 saturated carbocycles. The minimum Gasteiger partial charge on any atom is -0.388 e. The molecule has 0 saturated heterocycles. The zero-order valence-electron chi connectivity index (χ0n) is 19.9. The Hall–Kier alpha value is -3.86. The van der Waals surface area contributed by atoms with Crippen molar-refractivity contribution in [3.63, 3.8) is 0 Å². The molecule has 36 heavy (non-hydrogen) atoms. The number of aliphatic hydroxyl groups excluding tert-OH is 1. The number of aryl methyl sites for hydroxylation is 3. The Bertz CT molecular complexity index is 1730. The van der Waals surface area contributed by atoms with Gasteiger partial charge in [-0.1, -0.05) is 30.3 Å². The van der Waals surface area contributed by atoms with Crippen LogP contribution in [0.15, 0.2) is 53.4 Å². The van der Waals surface area contributed by atoms with Crippen molar-refractivity contribution in [2.45, 2.75) is 25.7 Å². The number of hydrogen-bond acceptors (Lipinski definition) is 7. The van der Waals surface area contributed by atoms with Gasteiger partial charge in [0.1, 0.15) is 24.9 Å². The van der Waals surface area contributed by atoms with Crippen molar-refractivity contribution in [2.75, 3.05) is 13.2 Å². The van der Waals surface area contributed by atoms with Gasteiger partial charge in [-0.3, -0.25) is 8.98 Å². The minimum absolute atomic E-state index is 0.0980. The quantitative estimate of drug-likeness (QED) is 0.285. The summed E-state index contributed by atoms with van der Waals surface area (Å²) in [7, 11) is -4.18. The topological polar surface area (TPSA) is 138 Å². The van der Waals surface area contributed by atoms with E-state index in [1.165, 1.54) is 17.7 Å². The van der Waals surface area contributed by atoms with E-state index >= 15 is 0 Å². The highest BCUT2D eigenvalue weighted by atomic mass is 32.2. The fourth-order valence-corrected chi connectivity index (χ4v) is 5.20. The first-order chi connectivity index (χ1) is 17.1. The van der Waals surface area contributed by atoms with Crippen molar-refractivity contribution in [1.82, 2.24) is 19.9 Å². The van der Waals surface area contributed by atoms with Gasteiger partial charge in [-0.05, 0) is 55.7 Å². The SMILES string of the molecule is Cc1cc(C)c2nc(-c3ccc(-c4nc5c(C)cc(S(=O)(=O)OCC(=O)CO)cc5[nH]4)cc3)[nH]c2c1. The highest BCUT2D eigenvalue weighted by Crippen LogP contribution is 2.29. The Labute approximate surface area is 207 Å². The van der Waals surface area contributed by atoms with Crippen molar-refractivity contribution < 1.29 is 22.5 Å². The van der Waals surface area contributed by atoms with Crippen LogP contribution >= 0.6 is 0 Å². The van der Waals surface area contributed by atoms with Crippen LogP contribution in [-0.4, -0.2) is 52.5 Å². The number of benzene rings is 3. The van der Waals surface area contributed by atoms with Gasteiger partial charge in [0.05, 0.1) is 27.0 Å². The number of nitrogens with zero attached hydrogens (tertiary/aromatic N) is 2.